The second kappa shape index (κ2) is 8.33. The van der Waals surface area contributed by atoms with Crippen LogP contribution in [0, 0.1) is 0 Å². The van der Waals surface area contributed by atoms with Gasteiger partial charge in [0, 0.05) is 25.1 Å². The van der Waals surface area contributed by atoms with Gasteiger partial charge in [0.05, 0.1) is 5.69 Å². The van der Waals surface area contributed by atoms with Gasteiger partial charge in [-0.1, -0.05) is 75.0 Å². The topological polar surface area (TPSA) is 32.7 Å². The normalized spacial score (nSPS) is 15.2. The molecule has 0 spiro atoms. The van der Waals surface area contributed by atoms with E-state index in [1.165, 1.54) is 0 Å². The Kier molecular flexibility index (Phi) is 5.79. The highest BCUT2D eigenvalue weighted by Crippen LogP contribution is 2.32. The first-order valence-electron chi connectivity index (χ1n) is 8.54. The maximum absolute atomic E-state index is 13.3. The Balaban J connectivity index is 1.86. The van der Waals surface area contributed by atoms with Crippen molar-refractivity contribution in [3.63, 3.8) is 0 Å². The summed E-state index contributed by atoms with van der Waals surface area (Å²) in [5, 5.41) is 1.55. The third-order valence-electron chi connectivity index (χ3n) is 4.31. The van der Waals surface area contributed by atoms with E-state index in [0.717, 1.165) is 10.0 Å². The average molecular weight is 507 g/mol. The van der Waals surface area contributed by atoms with Crippen molar-refractivity contribution < 1.29 is 4.79 Å². The second-order valence-electron chi connectivity index (χ2n) is 6.23. The largest absolute Gasteiger partial charge is 0.282 e. The molecule has 0 aromatic heterocycles. The van der Waals surface area contributed by atoms with Crippen molar-refractivity contribution in [2.24, 2.45) is 4.99 Å². The van der Waals surface area contributed by atoms with Gasteiger partial charge in [0.15, 0.2) is 0 Å². The molecule has 3 aromatic rings. The van der Waals surface area contributed by atoms with E-state index < -0.39 is 0 Å². The lowest BCUT2D eigenvalue weighted by Crippen LogP contribution is -2.32. The van der Waals surface area contributed by atoms with Crippen molar-refractivity contribution in [1.29, 1.82) is 0 Å². The van der Waals surface area contributed by atoms with E-state index in [9.17, 15) is 4.79 Å². The molecule has 0 unspecified atom stereocenters. The number of carbonyl (C=O) groups is 1. The van der Waals surface area contributed by atoms with Crippen molar-refractivity contribution in [3.8, 4) is 0 Å². The lowest BCUT2D eigenvalue weighted by molar-refractivity contribution is -0.113. The molecule has 0 aliphatic carbocycles. The fourth-order valence-corrected chi connectivity index (χ4v) is 3.99. The molecule has 29 heavy (non-hydrogen) atoms. The van der Waals surface area contributed by atoms with Crippen LogP contribution in [0.1, 0.15) is 11.1 Å². The number of rotatable bonds is 3. The first-order chi connectivity index (χ1) is 13.9. The van der Waals surface area contributed by atoms with E-state index in [1.807, 2.05) is 24.3 Å². The Morgan fingerprint density at radius 3 is 2.28 bits per heavy atom. The fourth-order valence-electron chi connectivity index (χ4n) is 2.94. The van der Waals surface area contributed by atoms with Gasteiger partial charge in [-0.2, -0.15) is 0 Å². The average Bonchev–Trinajstić information content (AvgIpc) is 3.01. The van der Waals surface area contributed by atoms with Crippen LogP contribution in [0.5, 0.6) is 0 Å². The highest BCUT2D eigenvalue weighted by Gasteiger charge is 2.33. The Morgan fingerprint density at radius 2 is 1.59 bits per heavy atom. The van der Waals surface area contributed by atoms with Gasteiger partial charge in [-0.05, 0) is 54.1 Å². The summed E-state index contributed by atoms with van der Waals surface area (Å²) in [4.78, 5) is 19.5. The van der Waals surface area contributed by atoms with Crippen LogP contribution in [0.25, 0.3) is 6.08 Å². The summed E-state index contributed by atoms with van der Waals surface area (Å²) < 4.78 is 0.830. The molecule has 0 atom stereocenters. The number of hydrogen-bond donors (Lipinski definition) is 0. The van der Waals surface area contributed by atoms with Gasteiger partial charge < -0.3 is 0 Å². The standard InChI is InChI=1S/C22H12BrCl3N2O/c23-18-4-2-1-3-17(18)21-27-20(11-13-5-6-15(25)12-19(13)26)22(29)28(21)16-9-7-14(24)8-10-16/h1-12H/b20-11+. The Morgan fingerprint density at radius 1 is 0.897 bits per heavy atom. The zero-order valence-corrected chi connectivity index (χ0v) is 18.6. The molecular formula is C22H12BrCl3N2O. The van der Waals surface area contributed by atoms with Crippen molar-refractivity contribution >= 4 is 74.2 Å². The van der Waals surface area contributed by atoms with Crippen molar-refractivity contribution in [2.45, 2.75) is 0 Å². The lowest BCUT2D eigenvalue weighted by Gasteiger charge is -2.19. The van der Waals surface area contributed by atoms with Crippen LogP contribution in [-0.2, 0) is 4.79 Å². The summed E-state index contributed by atoms with van der Waals surface area (Å²) in [6, 6.07) is 19.7. The maximum Gasteiger partial charge on any atom is 0.282 e. The molecule has 0 bridgehead atoms. The van der Waals surface area contributed by atoms with E-state index in [1.54, 1.807) is 53.4 Å². The lowest BCUT2D eigenvalue weighted by atomic mass is 10.1. The SMILES string of the molecule is O=C1/C(=C\c2ccc(Cl)cc2Cl)N=C(c2ccccc2Br)N1c1ccc(Cl)cc1. The van der Waals surface area contributed by atoms with Gasteiger partial charge in [-0.3, -0.25) is 9.69 Å². The second-order valence-corrected chi connectivity index (χ2v) is 8.36. The van der Waals surface area contributed by atoms with Crippen LogP contribution in [0.15, 0.2) is 81.9 Å². The molecule has 7 heteroatoms. The first kappa shape index (κ1) is 20.2. The van der Waals surface area contributed by atoms with Crippen LogP contribution < -0.4 is 4.90 Å². The molecule has 0 radical (unpaired) electrons. The molecule has 0 saturated carbocycles. The summed E-state index contributed by atoms with van der Waals surface area (Å²) in [6.07, 6.45) is 1.66. The van der Waals surface area contributed by atoms with Crippen LogP contribution in [0.2, 0.25) is 15.1 Å². The van der Waals surface area contributed by atoms with Crippen LogP contribution in [-0.4, -0.2) is 11.7 Å². The van der Waals surface area contributed by atoms with Gasteiger partial charge in [-0.15, -0.1) is 0 Å². The van der Waals surface area contributed by atoms with Gasteiger partial charge in [-0.25, -0.2) is 4.99 Å². The number of halogens is 4. The molecule has 1 aliphatic heterocycles. The third-order valence-corrected chi connectivity index (χ3v) is 5.82. The minimum absolute atomic E-state index is 0.260. The summed E-state index contributed by atoms with van der Waals surface area (Å²) in [6.45, 7) is 0. The predicted molar refractivity (Wildman–Crippen MR) is 124 cm³/mol. The Hall–Kier alpha value is -2.11. The summed E-state index contributed by atoms with van der Waals surface area (Å²) in [5.74, 6) is 0.255. The molecule has 3 nitrogen and oxygen atoms in total. The van der Waals surface area contributed by atoms with Gasteiger partial charge in [0.2, 0.25) is 0 Å². The molecule has 1 heterocycles. The molecule has 0 N–H and O–H groups in total. The fraction of sp³-hybridized carbons (Fsp3) is 0. The van der Waals surface area contributed by atoms with Crippen LogP contribution in [0.3, 0.4) is 0 Å². The van der Waals surface area contributed by atoms with Crippen molar-refractivity contribution in [2.75, 3.05) is 4.90 Å². The van der Waals surface area contributed by atoms with Gasteiger partial charge in [0.1, 0.15) is 11.5 Å². The number of hydrogen-bond acceptors (Lipinski definition) is 2. The molecule has 4 rings (SSSR count). The molecule has 0 fully saturated rings. The highest BCUT2D eigenvalue weighted by molar-refractivity contribution is 9.10. The number of amides is 1. The van der Waals surface area contributed by atoms with Crippen molar-refractivity contribution in [1.82, 2.24) is 0 Å². The number of nitrogens with zero attached hydrogens (tertiary/aromatic N) is 2. The highest BCUT2D eigenvalue weighted by atomic mass is 79.9. The van der Waals surface area contributed by atoms with Gasteiger partial charge >= 0.3 is 0 Å². The number of benzene rings is 3. The maximum atomic E-state index is 13.3. The zero-order valence-electron chi connectivity index (χ0n) is 14.7. The molecular weight excluding hydrogens is 495 g/mol. The molecule has 3 aromatic carbocycles. The minimum Gasteiger partial charge on any atom is -0.266 e. The molecule has 1 aliphatic rings. The molecule has 0 saturated heterocycles. The van der Waals surface area contributed by atoms with Crippen molar-refractivity contribution in [3.05, 3.63) is 103 Å². The smallest absolute Gasteiger partial charge is 0.266 e. The summed E-state index contributed by atoms with van der Waals surface area (Å²) in [7, 11) is 0. The van der Waals surface area contributed by atoms with E-state index >= 15 is 0 Å². The van der Waals surface area contributed by atoms with E-state index in [0.29, 0.717) is 32.2 Å². The summed E-state index contributed by atoms with van der Waals surface area (Å²) in [5.41, 5.74) is 2.39. The quantitative estimate of drug-likeness (QED) is 0.345. The third kappa shape index (κ3) is 4.12. The van der Waals surface area contributed by atoms with E-state index in [4.69, 9.17) is 34.8 Å². The zero-order chi connectivity index (χ0) is 20.5. The first-order valence-corrected chi connectivity index (χ1v) is 10.5. The predicted octanol–water partition coefficient (Wildman–Crippen LogP) is 7.24. The van der Waals surface area contributed by atoms with E-state index in [-0.39, 0.29) is 11.6 Å². The van der Waals surface area contributed by atoms with Crippen LogP contribution in [0.4, 0.5) is 5.69 Å². The molecule has 1 amide bonds. The minimum atomic E-state index is -0.260. The number of aliphatic imine (C=N–C) groups is 1. The number of carbonyl (C=O) groups excluding carboxylic acids is 1. The van der Waals surface area contributed by atoms with E-state index in [2.05, 4.69) is 20.9 Å². The number of amidine groups is 1. The number of anilines is 1. The summed E-state index contributed by atoms with van der Waals surface area (Å²) >= 11 is 21.8. The van der Waals surface area contributed by atoms with Crippen LogP contribution >= 0.6 is 50.7 Å². The molecule has 144 valence electrons. The Labute approximate surface area is 191 Å². The monoisotopic (exact) mass is 504 g/mol. The van der Waals surface area contributed by atoms with Gasteiger partial charge in [0.25, 0.3) is 5.91 Å². The Bertz CT molecular complexity index is 1170.